The maximum absolute atomic E-state index is 11.8. The lowest BCUT2D eigenvalue weighted by atomic mass is 10.2. The van der Waals surface area contributed by atoms with Crippen LogP contribution < -0.4 is 5.32 Å². The molecule has 2 rings (SSSR count). The highest BCUT2D eigenvalue weighted by Crippen LogP contribution is 2.06. The van der Waals surface area contributed by atoms with Crippen molar-refractivity contribution in [3.8, 4) is 11.8 Å². The second kappa shape index (κ2) is 5.83. The van der Waals surface area contributed by atoms with E-state index in [4.69, 9.17) is 5.26 Å². The van der Waals surface area contributed by atoms with Gasteiger partial charge >= 0.3 is 0 Å². The third-order valence-corrected chi connectivity index (χ3v) is 2.63. The lowest BCUT2D eigenvalue weighted by Crippen LogP contribution is -2.28. The zero-order chi connectivity index (χ0) is 13.7. The molecule has 19 heavy (non-hydrogen) atoms. The molecule has 2 aromatic rings. The molecule has 5 nitrogen and oxygen atoms in total. The highest BCUT2D eigenvalue weighted by Gasteiger charge is 2.10. The summed E-state index contributed by atoms with van der Waals surface area (Å²) < 4.78 is 1.64. The molecule has 1 aromatic heterocycles. The molecule has 1 N–H and O–H groups in total. The SMILES string of the molecule is CC(C#N)CNC(=O)c1ccn(-c2ccccc2)n1. The Morgan fingerprint density at radius 2 is 2.16 bits per heavy atom. The standard InChI is InChI=1S/C14H14N4O/c1-11(9-15)10-16-14(19)13-7-8-18(17-13)12-5-3-2-4-6-12/h2-8,11H,10H2,1H3,(H,16,19). The second-order valence-corrected chi connectivity index (χ2v) is 4.22. The molecule has 0 bridgehead atoms. The van der Waals surface area contributed by atoms with E-state index < -0.39 is 0 Å². The molecule has 1 unspecified atom stereocenters. The van der Waals surface area contributed by atoms with Gasteiger partial charge in [-0.25, -0.2) is 4.68 Å². The molecule has 96 valence electrons. The Hall–Kier alpha value is -2.61. The Kier molecular flexibility index (Phi) is 3.94. The van der Waals surface area contributed by atoms with Crippen molar-refractivity contribution in [1.82, 2.24) is 15.1 Å². The molecule has 0 saturated carbocycles. The number of benzene rings is 1. The van der Waals surface area contributed by atoms with Crippen LogP contribution in [0.15, 0.2) is 42.6 Å². The molecule has 0 aliphatic carbocycles. The third kappa shape index (κ3) is 3.19. The molecule has 0 radical (unpaired) electrons. The predicted octanol–water partition coefficient (Wildman–Crippen LogP) is 1.76. The van der Waals surface area contributed by atoms with Gasteiger partial charge < -0.3 is 5.32 Å². The molecular formula is C14H14N4O. The maximum Gasteiger partial charge on any atom is 0.271 e. The minimum Gasteiger partial charge on any atom is -0.349 e. The quantitative estimate of drug-likeness (QED) is 0.903. The van der Waals surface area contributed by atoms with Crippen LogP contribution in [0.2, 0.25) is 0 Å². The fraction of sp³-hybridized carbons (Fsp3) is 0.214. The molecule has 0 aliphatic heterocycles. The maximum atomic E-state index is 11.8. The van der Waals surface area contributed by atoms with E-state index in [1.54, 1.807) is 23.9 Å². The van der Waals surface area contributed by atoms with Crippen LogP contribution in [-0.2, 0) is 0 Å². The topological polar surface area (TPSA) is 70.7 Å². The minimum absolute atomic E-state index is 0.208. The van der Waals surface area contributed by atoms with Crippen molar-refractivity contribution in [2.24, 2.45) is 5.92 Å². The summed E-state index contributed by atoms with van der Waals surface area (Å²) in [5.74, 6) is -0.475. The van der Waals surface area contributed by atoms with Crippen molar-refractivity contribution >= 4 is 5.91 Å². The van der Waals surface area contributed by atoms with Gasteiger partial charge in [-0.05, 0) is 25.1 Å². The lowest BCUT2D eigenvalue weighted by Gasteiger charge is -2.04. The second-order valence-electron chi connectivity index (χ2n) is 4.22. The van der Waals surface area contributed by atoms with Gasteiger partial charge in [-0.15, -0.1) is 0 Å². The number of hydrogen-bond acceptors (Lipinski definition) is 3. The van der Waals surface area contributed by atoms with Gasteiger partial charge in [0, 0.05) is 12.7 Å². The number of nitrogens with zero attached hydrogens (tertiary/aromatic N) is 3. The Labute approximate surface area is 111 Å². The van der Waals surface area contributed by atoms with Gasteiger partial charge in [-0.2, -0.15) is 10.4 Å². The molecule has 0 spiro atoms. The number of para-hydroxylation sites is 1. The van der Waals surface area contributed by atoms with Crippen molar-refractivity contribution in [3.63, 3.8) is 0 Å². The van der Waals surface area contributed by atoms with Crippen molar-refractivity contribution < 1.29 is 4.79 Å². The van der Waals surface area contributed by atoms with Crippen LogP contribution in [0.3, 0.4) is 0 Å². The van der Waals surface area contributed by atoms with Gasteiger partial charge in [-0.3, -0.25) is 4.79 Å². The van der Waals surface area contributed by atoms with Gasteiger partial charge in [0.2, 0.25) is 0 Å². The molecule has 5 heteroatoms. The smallest absolute Gasteiger partial charge is 0.271 e. The zero-order valence-electron chi connectivity index (χ0n) is 10.6. The Balaban J connectivity index is 2.05. The van der Waals surface area contributed by atoms with E-state index in [-0.39, 0.29) is 11.8 Å². The summed E-state index contributed by atoms with van der Waals surface area (Å²) in [5.41, 5.74) is 1.24. The van der Waals surface area contributed by atoms with Crippen LogP contribution in [0.4, 0.5) is 0 Å². The van der Waals surface area contributed by atoms with Crippen LogP contribution in [0.5, 0.6) is 0 Å². The van der Waals surface area contributed by atoms with Crippen LogP contribution in [-0.4, -0.2) is 22.2 Å². The van der Waals surface area contributed by atoms with E-state index >= 15 is 0 Å². The first kappa shape index (κ1) is 12.8. The molecule has 0 saturated heterocycles. The minimum atomic E-state index is -0.267. The average Bonchev–Trinajstić information content (AvgIpc) is 2.95. The summed E-state index contributed by atoms with van der Waals surface area (Å²) >= 11 is 0. The first-order chi connectivity index (χ1) is 9.20. The monoisotopic (exact) mass is 254 g/mol. The zero-order valence-corrected chi connectivity index (χ0v) is 10.6. The fourth-order valence-corrected chi connectivity index (χ4v) is 1.55. The summed E-state index contributed by atoms with van der Waals surface area (Å²) in [6.07, 6.45) is 1.73. The van der Waals surface area contributed by atoms with E-state index in [1.807, 2.05) is 30.3 Å². The van der Waals surface area contributed by atoms with E-state index in [2.05, 4.69) is 16.5 Å². The fourth-order valence-electron chi connectivity index (χ4n) is 1.55. The van der Waals surface area contributed by atoms with Crippen molar-refractivity contribution in [1.29, 1.82) is 5.26 Å². The summed E-state index contributed by atoms with van der Waals surface area (Å²) in [6.45, 7) is 2.08. The summed E-state index contributed by atoms with van der Waals surface area (Å²) in [6, 6.07) is 13.3. The number of hydrogen-bond donors (Lipinski definition) is 1. The van der Waals surface area contributed by atoms with E-state index in [0.717, 1.165) is 5.69 Å². The van der Waals surface area contributed by atoms with Gasteiger partial charge in [0.1, 0.15) is 0 Å². The molecule has 1 aromatic carbocycles. The summed E-state index contributed by atoms with van der Waals surface area (Å²) in [4.78, 5) is 11.8. The normalized spacial score (nSPS) is 11.6. The number of rotatable bonds is 4. The van der Waals surface area contributed by atoms with Gasteiger partial charge in [0.05, 0.1) is 17.7 Å². The number of carbonyl (C=O) groups excluding carboxylic acids is 1. The largest absolute Gasteiger partial charge is 0.349 e. The van der Waals surface area contributed by atoms with Gasteiger partial charge in [-0.1, -0.05) is 18.2 Å². The van der Waals surface area contributed by atoms with Crippen LogP contribution in [0.1, 0.15) is 17.4 Å². The first-order valence-electron chi connectivity index (χ1n) is 5.99. The van der Waals surface area contributed by atoms with Gasteiger partial charge in [0.15, 0.2) is 5.69 Å². The van der Waals surface area contributed by atoms with Crippen LogP contribution >= 0.6 is 0 Å². The van der Waals surface area contributed by atoms with Crippen LogP contribution in [0.25, 0.3) is 5.69 Å². The number of nitriles is 1. The molecular weight excluding hydrogens is 240 g/mol. The Morgan fingerprint density at radius 3 is 2.84 bits per heavy atom. The lowest BCUT2D eigenvalue weighted by molar-refractivity contribution is 0.0945. The first-order valence-corrected chi connectivity index (χ1v) is 5.99. The number of carbonyl (C=O) groups is 1. The van der Waals surface area contributed by atoms with Crippen molar-refractivity contribution in [2.45, 2.75) is 6.92 Å². The third-order valence-electron chi connectivity index (χ3n) is 2.63. The van der Waals surface area contributed by atoms with E-state index in [0.29, 0.717) is 12.2 Å². The van der Waals surface area contributed by atoms with Crippen molar-refractivity contribution in [3.05, 3.63) is 48.3 Å². The average molecular weight is 254 g/mol. The molecule has 1 atom stereocenters. The number of aromatic nitrogens is 2. The number of amides is 1. The highest BCUT2D eigenvalue weighted by atomic mass is 16.1. The summed E-state index contributed by atoms with van der Waals surface area (Å²) in [7, 11) is 0. The van der Waals surface area contributed by atoms with Crippen molar-refractivity contribution in [2.75, 3.05) is 6.54 Å². The predicted molar refractivity (Wildman–Crippen MR) is 70.7 cm³/mol. The highest BCUT2D eigenvalue weighted by molar-refractivity contribution is 5.92. The molecule has 1 amide bonds. The molecule has 0 aliphatic rings. The van der Waals surface area contributed by atoms with E-state index in [1.165, 1.54) is 0 Å². The van der Waals surface area contributed by atoms with Crippen LogP contribution in [0, 0.1) is 17.2 Å². The molecule has 1 heterocycles. The molecule has 0 fully saturated rings. The van der Waals surface area contributed by atoms with E-state index in [9.17, 15) is 4.79 Å². The number of nitrogens with one attached hydrogen (secondary N) is 1. The summed E-state index contributed by atoms with van der Waals surface area (Å²) in [5, 5.41) is 15.5. The Bertz CT molecular complexity index is 597. The Morgan fingerprint density at radius 1 is 1.42 bits per heavy atom. The van der Waals surface area contributed by atoms with Gasteiger partial charge in [0.25, 0.3) is 5.91 Å².